The van der Waals surface area contributed by atoms with E-state index in [1.54, 1.807) is 36.4 Å². The molecule has 0 bridgehead atoms. The third-order valence-electron chi connectivity index (χ3n) is 9.80. The molecule has 0 spiro atoms. The summed E-state index contributed by atoms with van der Waals surface area (Å²) in [6.07, 6.45) is 2.64. The number of fused-ring (bicyclic) bond motifs is 4. The van der Waals surface area contributed by atoms with Crippen molar-refractivity contribution in [3.63, 3.8) is 0 Å². The Balaban J connectivity index is 1.56. The lowest BCUT2D eigenvalue weighted by atomic mass is 9.51. The molecule has 42 heavy (non-hydrogen) atoms. The maximum absolute atomic E-state index is 14.5. The minimum absolute atomic E-state index is 0.170. The van der Waals surface area contributed by atoms with Crippen molar-refractivity contribution in [2.24, 2.45) is 29.1 Å². The number of phenols is 1. The van der Waals surface area contributed by atoms with Gasteiger partial charge in [-0.1, -0.05) is 29.8 Å². The van der Waals surface area contributed by atoms with Gasteiger partial charge in [0.2, 0.25) is 29.4 Å². The first-order chi connectivity index (χ1) is 19.9. The van der Waals surface area contributed by atoms with E-state index in [4.69, 9.17) is 9.47 Å². The van der Waals surface area contributed by atoms with E-state index in [1.165, 1.54) is 24.0 Å². The standard InChI is InChI=1S/C33H36N2O7/c1-32(2,3)35-28(37)20-13-12-19-21(25(20)30(35)39)16-22-29(38)34(18-10-8-7-9-11-18)31(40)33(22,4)26(19)17-14-23(41-5)27(36)24(15-17)42-6/h7-12,14-15,20-22,25-26,36H,13,16H2,1-6H3. The van der Waals surface area contributed by atoms with Crippen molar-refractivity contribution in [1.82, 2.24) is 4.90 Å². The molecular weight excluding hydrogens is 536 g/mol. The van der Waals surface area contributed by atoms with Crippen LogP contribution in [0.4, 0.5) is 5.69 Å². The van der Waals surface area contributed by atoms with Gasteiger partial charge in [0.05, 0.1) is 43.1 Å². The largest absolute Gasteiger partial charge is 0.502 e. The summed E-state index contributed by atoms with van der Waals surface area (Å²) in [5.74, 6) is -3.84. The van der Waals surface area contributed by atoms with Crippen molar-refractivity contribution in [2.45, 2.75) is 52.0 Å². The van der Waals surface area contributed by atoms with Crippen molar-refractivity contribution < 1.29 is 33.8 Å². The number of rotatable bonds is 4. The van der Waals surface area contributed by atoms with Crippen LogP contribution in [0.1, 0.15) is 52.0 Å². The quantitative estimate of drug-likeness (QED) is 0.426. The Morgan fingerprint density at radius 3 is 2.10 bits per heavy atom. The van der Waals surface area contributed by atoms with Crippen LogP contribution in [0.2, 0.25) is 0 Å². The zero-order valence-electron chi connectivity index (χ0n) is 24.7. The first-order valence-electron chi connectivity index (χ1n) is 14.3. The summed E-state index contributed by atoms with van der Waals surface area (Å²) in [5.41, 5.74) is 0.0879. The average molecular weight is 573 g/mol. The van der Waals surface area contributed by atoms with Gasteiger partial charge in [-0.05, 0) is 76.3 Å². The summed E-state index contributed by atoms with van der Waals surface area (Å²) in [6.45, 7) is 7.37. The van der Waals surface area contributed by atoms with Crippen LogP contribution in [0.5, 0.6) is 17.2 Å². The number of para-hydroxylation sites is 1. The number of carbonyl (C=O) groups is 4. The Kier molecular flexibility index (Phi) is 6.29. The Morgan fingerprint density at radius 1 is 0.905 bits per heavy atom. The van der Waals surface area contributed by atoms with Crippen molar-refractivity contribution in [3.8, 4) is 17.2 Å². The summed E-state index contributed by atoms with van der Waals surface area (Å²) in [5, 5.41) is 10.7. The molecule has 2 heterocycles. The van der Waals surface area contributed by atoms with Crippen molar-refractivity contribution in [2.75, 3.05) is 19.1 Å². The molecule has 9 heteroatoms. The fourth-order valence-electron chi connectivity index (χ4n) is 7.96. The van der Waals surface area contributed by atoms with Gasteiger partial charge in [0, 0.05) is 11.5 Å². The third-order valence-corrected chi connectivity index (χ3v) is 9.80. The van der Waals surface area contributed by atoms with Gasteiger partial charge < -0.3 is 14.6 Å². The number of hydrogen-bond acceptors (Lipinski definition) is 7. The van der Waals surface area contributed by atoms with E-state index < -0.39 is 40.5 Å². The number of hydrogen-bond donors (Lipinski definition) is 1. The molecule has 6 atom stereocenters. The topological polar surface area (TPSA) is 113 Å². The molecule has 6 rings (SSSR count). The molecule has 2 aromatic rings. The zero-order chi connectivity index (χ0) is 30.3. The fraction of sp³-hybridized carbons (Fsp3) is 0.455. The molecule has 0 aromatic heterocycles. The number of benzene rings is 2. The number of carbonyl (C=O) groups excluding carboxylic acids is 4. The maximum Gasteiger partial charge on any atom is 0.241 e. The monoisotopic (exact) mass is 572 g/mol. The minimum atomic E-state index is -1.20. The van der Waals surface area contributed by atoms with E-state index in [9.17, 15) is 24.3 Å². The highest BCUT2D eigenvalue weighted by Gasteiger charge is 2.68. The van der Waals surface area contributed by atoms with Gasteiger partial charge in [-0.15, -0.1) is 0 Å². The summed E-state index contributed by atoms with van der Waals surface area (Å²) in [6, 6.07) is 12.2. The van der Waals surface area contributed by atoms with Gasteiger partial charge in [-0.25, -0.2) is 4.90 Å². The number of likely N-dealkylation sites (tertiary alicyclic amines) is 1. The molecule has 2 saturated heterocycles. The Hall–Kier alpha value is -4.14. The summed E-state index contributed by atoms with van der Waals surface area (Å²) in [7, 11) is 2.87. The fourth-order valence-corrected chi connectivity index (χ4v) is 7.96. The highest BCUT2D eigenvalue weighted by atomic mass is 16.5. The summed E-state index contributed by atoms with van der Waals surface area (Å²) < 4.78 is 10.9. The van der Waals surface area contributed by atoms with E-state index in [0.29, 0.717) is 17.7 Å². The Labute approximate surface area is 245 Å². The van der Waals surface area contributed by atoms with Crippen LogP contribution in [0.3, 0.4) is 0 Å². The second-order valence-electron chi connectivity index (χ2n) is 13.0. The van der Waals surface area contributed by atoms with E-state index in [1.807, 2.05) is 39.8 Å². The first-order valence-corrected chi connectivity index (χ1v) is 14.3. The van der Waals surface area contributed by atoms with Crippen LogP contribution < -0.4 is 14.4 Å². The van der Waals surface area contributed by atoms with Crippen LogP contribution >= 0.6 is 0 Å². The molecule has 2 aliphatic carbocycles. The number of anilines is 1. The molecule has 9 nitrogen and oxygen atoms in total. The molecule has 1 N–H and O–H groups in total. The molecule has 0 radical (unpaired) electrons. The van der Waals surface area contributed by atoms with E-state index in [2.05, 4.69) is 0 Å². The van der Waals surface area contributed by atoms with Gasteiger partial charge in [-0.2, -0.15) is 0 Å². The van der Waals surface area contributed by atoms with Crippen molar-refractivity contribution in [3.05, 3.63) is 59.7 Å². The van der Waals surface area contributed by atoms with E-state index >= 15 is 0 Å². The number of nitrogens with zero attached hydrogens (tertiary/aromatic N) is 2. The number of aromatic hydroxyl groups is 1. The van der Waals surface area contributed by atoms with Gasteiger partial charge in [-0.3, -0.25) is 24.1 Å². The lowest BCUT2D eigenvalue weighted by molar-refractivity contribution is -0.145. The van der Waals surface area contributed by atoms with Crippen molar-refractivity contribution in [1.29, 1.82) is 0 Å². The van der Waals surface area contributed by atoms with Crippen LogP contribution in [0.15, 0.2) is 54.1 Å². The molecular formula is C33H36N2O7. The SMILES string of the molecule is COc1cc(C2C3=CCC4C(=O)N(C(C)(C)C)C(=O)C4C3CC3C(=O)N(c4ccccc4)C(=O)C32C)cc(OC)c1O. The lowest BCUT2D eigenvalue weighted by Gasteiger charge is -2.49. The Morgan fingerprint density at radius 2 is 1.52 bits per heavy atom. The summed E-state index contributed by atoms with van der Waals surface area (Å²) >= 11 is 0. The van der Waals surface area contributed by atoms with Crippen molar-refractivity contribution >= 4 is 29.3 Å². The molecule has 3 fully saturated rings. The maximum atomic E-state index is 14.5. The molecule has 4 amide bonds. The smallest absolute Gasteiger partial charge is 0.241 e. The zero-order valence-corrected chi connectivity index (χ0v) is 24.7. The normalized spacial score (nSPS) is 30.6. The third kappa shape index (κ3) is 3.68. The molecule has 2 aromatic carbocycles. The Bertz CT molecular complexity index is 1520. The van der Waals surface area contributed by atoms with E-state index in [-0.39, 0.29) is 47.3 Å². The number of allylic oxidation sites excluding steroid dienone is 2. The van der Waals surface area contributed by atoms with Crippen LogP contribution in [0.25, 0.3) is 0 Å². The number of ether oxygens (including phenoxy) is 2. The molecule has 4 aliphatic rings. The second-order valence-corrected chi connectivity index (χ2v) is 13.0. The number of amides is 4. The molecule has 6 unspecified atom stereocenters. The number of methoxy groups -OCH3 is 2. The highest BCUT2D eigenvalue weighted by Crippen LogP contribution is 2.64. The van der Waals surface area contributed by atoms with Gasteiger partial charge in [0.1, 0.15) is 0 Å². The number of phenolic OH excluding ortho intramolecular Hbond substituents is 1. The van der Waals surface area contributed by atoms with Gasteiger partial charge in [0.15, 0.2) is 11.5 Å². The highest BCUT2D eigenvalue weighted by molar-refractivity contribution is 6.24. The minimum Gasteiger partial charge on any atom is -0.502 e. The van der Waals surface area contributed by atoms with Gasteiger partial charge >= 0.3 is 0 Å². The second kappa shape index (κ2) is 9.44. The van der Waals surface area contributed by atoms with Crippen LogP contribution in [-0.4, -0.2) is 53.4 Å². The number of imide groups is 2. The lowest BCUT2D eigenvalue weighted by Crippen LogP contribution is -2.49. The predicted octanol–water partition coefficient (Wildman–Crippen LogP) is 4.44. The molecule has 220 valence electrons. The first kappa shape index (κ1) is 28.0. The van der Waals surface area contributed by atoms with E-state index in [0.717, 1.165) is 5.57 Å². The molecule has 1 saturated carbocycles. The van der Waals surface area contributed by atoms with Crippen LogP contribution in [0, 0.1) is 29.1 Å². The van der Waals surface area contributed by atoms with Crippen LogP contribution in [-0.2, 0) is 19.2 Å². The summed E-state index contributed by atoms with van der Waals surface area (Å²) in [4.78, 5) is 58.9. The average Bonchev–Trinajstić information content (AvgIpc) is 3.33. The van der Waals surface area contributed by atoms with Gasteiger partial charge in [0.25, 0.3) is 0 Å². The molecule has 2 aliphatic heterocycles. The predicted molar refractivity (Wildman–Crippen MR) is 154 cm³/mol.